The second-order valence-electron chi connectivity index (χ2n) is 3.11. The third kappa shape index (κ3) is 1.09. The summed E-state index contributed by atoms with van der Waals surface area (Å²) < 4.78 is 1.92. The van der Waals surface area contributed by atoms with Crippen molar-refractivity contribution in [2.24, 2.45) is 5.92 Å². The molecule has 12 heavy (non-hydrogen) atoms. The Morgan fingerprint density at radius 3 is 3.33 bits per heavy atom. The number of hydrogen-bond donors (Lipinski definition) is 1. The molecule has 1 atom stereocenters. The number of rotatable bonds is 1. The van der Waals surface area contributed by atoms with Crippen LogP contribution < -0.4 is 0 Å². The minimum Gasteiger partial charge on any atom is -0.481 e. The van der Waals surface area contributed by atoms with Gasteiger partial charge in [-0.25, -0.2) is 4.98 Å². The molecule has 0 bridgehead atoms. The molecule has 2 heterocycles. The maximum absolute atomic E-state index is 10.7. The third-order valence-electron chi connectivity index (χ3n) is 2.31. The molecule has 0 amide bonds. The molecule has 0 unspecified atom stereocenters. The topological polar surface area (TPSA) is 55.1 Å². The average molecular weight is 166 g/mol. The Labute approximate surface area is 69.8 Å². The fraction of sp³-hybridized carbons (Fsp3) is 0.500. The van der Waals surface area contributed by atoms with Crippen LogP contribution in [0.1, 0.15) is 12.1 Å². The molecule has 0 saturated carbocycles. The molecule has 0 fully saturated rings. The van der Waals surface area contributed by atoms with Gasteiger partial charge in [0.25, 0.3) is 0 Å². The Hall–Kier alpha value is -1.32. The molecule has 1 aliphatic rings. The first-order valence-electron chi connectivity index (χ1n) is 3.99. The molecule has 0 aromatic carbocycles. The molecule has 0 saturated heterocycles. The smallest absolute Gasteiger partial charge is 0.308 e. The SMILES string of the molecule is O=C(O)[C@@H]1CCc2cncn2C1. The molecular weight excluding hydrogens is 156 g/mol. The summed E-state index contributed by atoms with van der Waals surface area (Å²) in [7, 11) is 0. The molecule has 1 aliphatic heterocycles. The van der Waals surface area contributed by atoms with Gasteiger partial charge in [0.15, 0.2) is 0 Å². The largest absolute Gasteiger partial charge is 0.481 e. The Kier molecular flexibility index (Phi) is 1.60. The lowest BCUT2D eigenvalue weighted by atomic mass is 9.99. The molecule has 1 aromatic rings. The molecule has 0 spiro atoms. The quantitative estimate of drug-likeness (QED) is 0.662. The van der Waals surface area contributed by atoms with Crippen LogP contribution in [0, 0.1) is 5.92 Å². The van der Waals surface area contributed by atoms with E-state index in [0.29, 0.717) is 6.54 Å². The minimum atomic E-state index is -0.700. The van der Waals surface area contributed by atoms with E-state index in [4.69, 9.17) is 5.11 Å². The molecule has 2 rings (SSSR count). The molecule has 0 aliphatic carbocycles. The zero-order valence-corrected chi connectivity index (χ0v) is 6.60. The van der Waals surface area contributed by atoms with Crippen molar-refractivity contribution < 1.29 is 9.90 Å². The van der Waals surface area contributed by atoms with Crippen molar-refractivity contribution >= 4 is 5.97 Å². The maximum Gasteiger partial charge on any atom is 0.308 e. The van der Waals surface area contributed by atoms with Crippen LogP contribution in [-0.4, -0.2) is 20.6 Å². The molecular formula is C8H10N2O2. The highest BCUT2D eigenvalue weighted by molar-refractivity contribution is 5.70. The van der Waals surface area contributed by atoms with E-state index in [0.717, 1.165) is 18.5 Å². The Morgan fingerprint density at radius 1 is 1.75 bits per heavy atom. The number of hydrogen-bond acceptors (Lipinski definition) is 2. The maximum atomic E-state index is 10.7. The molecule has 64 valence electrons. The second kappa shape index (κ2) is 2.62. The molecule has 4 heteroatoms. The first-order chi connectivity index (χ1) is 5.77. The average Bonchev–Trinajstić information content (AvgIpc) is 2.49. The number of carboxylic acid groups (broad SMARTS) is 1. The summed E-state index contributed by atoms with van der Waals surface area (Å²) in [5.41, 5.74) is 1.15. The van der Waals surface area contributed by atoms with E-state index in [1.54, 1.807) is 12.5 Å². The van der Waals surface area contributed by atoms with Gasteiger partial charge in [0.2, 0.25) is 0 Å². The van der Waals surface area contributed by atoms with E-state index in [9.17, 15) is 4.79 Å². The van der Waals surface area contributed by atoms with E-state index in [1.165, 1.54) is 0 Å². The first kappa shape index (κ1) is 7.34. The monoisotopic (exact) mass is 166 g/mol. The van der Waals surface area contributed by atoms with Crippen LogP contribution in [0.5, 0.6) is 0 Å². The minimum absolute atomic E-state index is 0.230. The summed E-state index contributed by atoms with van der Waals surface area (Å²) in [5.74, 6) is -0.930. The number of fused-ring (bicyclic) bond motifs is 1. The summed E-state index contributed by atoms with van der Waals surface area (Å²) in [4.78, 5) is 14.6. The number of carbonyl (C=O) groups is 1. The normalized spacial score (nSPS) is 21.8. The van der Waals surface area contributed by atoms with Crippen LogP contribution in [0.4, 0.5) is 0 Å². The number of nitrogens with zero attached hydrogens (tertiary/aromatic N) is 2. The van der Waals surface area contributed by atoms with Gasteiger partial charge in [-0.2, -0.15) is 0 Å². The van der Waals surface area contributed by atoms with Crippen LogP contribution >= 0.6 is 0 Å². The lowest BCUT2D eigenvalue weighted by molar-refractivity contribution is -0.142. The van der Waals surface area contributed by atoms with Crippen LogP contribution in [0.15, 0.2) is 12.5 Å². The highest BCUT2D eigenvalue weighted by Gasteiger charge is 2.23. The van der Waals surface area contributed by atoms with Gasteiger partial charge in [0, 0.05) is 18.4 Å². The Bertz CT molecular complexity index is 306. The predicted octanol–water partition coefficient (Wildman–Crippen LogP) is 0.530. The van der Waals surface area contributed by atoms with Gasteiger partial charge in [-0.15, -0.1) is 0 Å². The van der Waals surface area contributed by atoms with Crippen LogP contribution in [0.3, 0.4) is 0 Å². The van der Waals surface area contributed by atoms with Crippen LogP contribution in [0.2, 0.25) is 0 Å². The second-order valence-corrected chi connectivity index (χ2v) is 3.11. The van der Waals surface area contributed by atoms with Gasteiger partial charge in [-0.3, -0.25) is 4.79 Å². The predicted molar refractivity (Wildman–Crippen MR) is 41.7 cm³/mol. The van der Waals surface area contributed by atoms with Crippen molar-refractivity contribution in [2.45, 2.75) is 19.4 Å². The van der Waals surface area contributed by atoms with Crippen molar-refractivity contribution in [1.29, 1.82) is 0 Å². The van der Waals surface area contributed by atoms with Gasteiger partial charge in [0.05, 0.1) is 12.2 Å². The number of aromatic nitrogens is 2. The van der Waals surface area contributed by atoms with Gasteiger partial charge >= 0.3 is 5.97 Å². The fourth-order valence-corrected chi connectivity index (χ4v) is 1.57. The molecule has 1 aromatic heterocycles. The van der Waals surface area contributed by atoms with Gasteiger partial charge in [0.1, 0.15) is 0 Å². The third-order valence-corrected chi connectivity index (χ3v) is 2.31. The standard InChI is InChI=1S/C8H10N2O2/c11-8(12)6-1-2-7-3-9-5-10(7)4-6/h3,5-6H,1-2,4H2,(H,11,12)/t6-/m1/s1. The van der Waals surface area contributed by atoms with Crippen molar-refractivity contribution in [1.82, 2.24) is 9.55 Å². The lowest BCUT2D eigenvalue weighted by Gasteiger charge is -2.20. The van der Waals surface area contributed by atoms with Crippen LogP contribution in [-0.2, 0) is 17.8 Å². The van der Waals surface area contributed by atoms with Gasteiger partial charge in [-0.1, -0.05) is 0 Å². The zero-order valence-electron chi connectivity index (χ0n) is 6.60. The van der Waals surface area contributed by atoms with E-state index in [2.05, 4.69) is 4.98 Å². The molecule has 0 radical (unpaired) electrons. The number of aliphatic carboxylic acids is 1. The summed E-state index contributed by atoms with van der Waals surface area (Å²) >= 11 is 0. The van der Waals surface area contributed by atoms with Crippen molar-refractivity contribution in [3.05, 3.63) is 18.2 Å². The van der Waals surface area contributed by atoms with Crippen molar-refractivity contribution in [3.8, 4) is 0 Å². The number of imidazole rings is 1. The lowest BCUT2D eigenvalue weighted by Crippen LogP contribution is -2.25. The summed E-state index contributed by atoms with van der Waals surface area (Å²) in [6.07, 6.45) is 5.07. The summed E-state index contributed by atoms with van der Waals surface area (Å²) in [5, 5.41) is 8.77. The van der Waals surface area contributed by atoms with Crippen LogP contribution in [0.25, 0.3) is 0 Å². The Morgan fingerprint density at radius 2 is 2.58 bits per heavy atom. The Balaban J connectivity index is 2.20. The fourth-order valence-electron chi connectivity index (χ4n) is 1.57. The van der Waals surface area contributed by atoms with E-state index in [1.807, 2.05) is 4.57 Å². The van der Waals surface area contributed by atoms with E-state index >= 15 is 0 Å². The van der Waals surface area contributed by atoms with Gasteiger partial charge in [-0.05, 0) is 12.8 Å². The highest BCUT2D eigenvalue weighted by atomic mass is 16.4. The van der Waals surface area contributed by atoms with Gasteiger partial charge < -0.3 is 9.67 Å². The van der Waals surface area contributed by atoms with Crippen molar-refractivity contribution in [3.63, 3.8) is 0 Å². The number of aryl methyl sites for hydroxylation is 1. The molecule has 1 N–H and O–H groups in total. The summed E-state index contributed by atoms with van der Waals surface area (Å²) in [6, 6.07) is 0. The van der Waals surface area contributed by atoms with E-state index in [-0.39, 0.29) is 5.92 Å². The number of carboxylic acids is 1. The van der Waals surface area contributed by atoms with Crippen molar-refractivity contribution in [2.75, 3.05) is 0 Å². The highest BCUT2D eigenvalue weighted by Crippen LogP contribution is 2.19. The summed E-state index contributed by atoms with van der Waals surface area (Å²) in [6.45, 7) is 0.574. The first-order valence-corrected chi connectivity index (χ1v) is 3.99. The van der Waals surface area contributed by atoms with E-state index < -0.39 is 5.97 Å². The molecule has 4 nitrogen and oxygen atoms in total. The zero-order chi connectivity index (χ0) is 8.55.